The Labute approximate surface area is 158 Å². The van der Waals surface area contributed by atoms with Crippen molar-refractivity contribution >= 4 is 45.3 Å². The molecule has 0 aromatic heterocycles. The van der Waals surface area contributed by atoms with Gasteiger partial charge < -0.3 is 21.1 Å². The molecule has 0 saturated heterocycles. The SMILES string of the molecule is C=C(C)C(=O)NOC(=O)[C@@H](N)CSSC[C@H](N)C(=O)ONC(=O)C(=C)C. The summed E-state index contributed by atoms with van der Waals surface area (Å²) >= 11 is 0. The largest absolute Gasteiger partial charge is 0.349 e. The molecule has 0 aromatic carbocycles. The predicted molar refractivity (Wildman–Crippen MR) is 99.0 cm³/mol. The van der Waals surface area contributed by atoms with Crippen molar-refractivity contribution in [3.8, 4) is 0 Å². The van der Waals surface area contributed by atoms with Crippen molar-refractivity contribution in [2.45, 2.75) is 25.9 Å². The maximum Gasteiger partial charge on any atom is 0.349 e. The third-order valence-corrected chi connectivity index (χ3v) is 4.92. The zero-order chi connectivity index (χ0) is 20.3. The zero-order valence-corrected chi connectivity index (χ0v) is 16.0. The molecule has 0 bridgehead atoms. The highest BCUT2D eigenvalue weighted by molar-refractivity contribution is 8.76. The standard InChI is InChI=1S/C14H22N4O6S2/c1-7(2)11(19)17-23-13(21)9(15)5-25-26-6-10(16)14(22)24-18-12(20)8(3)4/h9-10H,1,3,5-6,15-16H2,2,4H3,(H,17,19)(H,18,20)/t9-,10-/m0/s1. The molecule has 0 aliphatic rings. The lowest BCUT2D eigenvalue weighted by Gasteiger charge is -2.12. The van der Waals surface area contributed by atoms with Crippen LogP contribution in [0, 0.1) is 0 Å². The van der Waals surface area contributed by atoms with E-state index in [9.17, 15) is 19.2 Å². The van der Waals surface area contributed by atoms with Gasteiger partial charge in [0.25, 0.3) is 11.8 Å². The van der Waals surface area contributed by atoms with E-state index in [0.717, 1.165) is 0 Å². The Bertz CT molecular complexity index is 534. The minimum Gasteiger partial charge on any atom is -0.339 e. The van der Waals surface area contributed by atoms with Crippen LogP contribution in [0.1, 0.15) is 13.8 Å². The lowest BCUT2D eigenvalue weighted by Crippen LogP contribution is -2.40. The van der Waals surface area contributed by atoms with Crippen molar-refractivity contribution < 1.29 is 28.9 Å². The van der Waals surface area contributed by atoms with Gasteiger partial charge in [-0.25, -0.2) is 9.59 Å². The first-order valence-corrected chi connectivity index (χ1v) is 9.63. The number of rotatable bonds is 9. The van der Waals surface area contributed by atoms with Gasteiger partial charge in [-0.2, -0.15) is 11.0 Å². The predicted octanol–water partition coefficient (Wildman–Crippen LogP) is -0.677. The Kier molecular flexibility index (Phi) is 11.4. The number of hydrogen-bond donors (Lipinski definition) is 4. The molecular formula is C14H22N4O6S2. The van der Waals surface area contributed by atoms with Crippen LogP contribution in [0.4, 0.5) is 0 Å². The smallest absolute Gasteiger partial charge is 0.339 e. The molecule has 0 rings (SSSR count). The van der Waals surface area contributed by atoms with Crippen LogP contribution in [0.25, 0.3) is 0 Å². The van der Waals surface area contributed by atoms with Gasteiger partial charge in [-0.1, -0.05) is 34.7 Å². The first kappa shape index (κ1) is 24.0. The first-order chi connectivity index (χ1) is 12.1. The molecular weight excluding hydrogens is 384 g/mol. The Hall–Kier alpha value is -2.02. The van der Waals surface area contributed by atoms with Gasteiger partial charge >= 0.3 is 11.9 Å². The van der Waals surface area contributed by atoms with E-state index >= 15 is 0 Å². The molecule has 2 atom stereocenters. The van der Waals surface area contributed by atoms with Crippen LogP contribution in [-0.4, -0.2) is 47.3 Å². The van der Waals surface area contributed by atoms with Crippen molar-refractivity contribution in [2.75, 3.05) is 11.5 Å². The Balaban J connectivity index is 3.98. The molecule has 0 unspecified atom stereocenters. The maximum atomic E-state index is 11.6. The summed E-state index contributed by atoms with van der Waals surface area (Å²) in [5, 5.41) is 0. The number of carbonyl (C=O) groups excluding carboxylic acids is 4. The quantitative estimate of drug-likeness (QED) is 0.167. The first-order valence-electron chi connectivity index (χ1n) is 7.14. The number of nitrogens with two attached hydrogens (primary N) is 2. The number of hydroxylamine groups is 2. The molecule has 6 N–H and O–H groups in total. The van der Waals surface area contributed by atoms with E-state index in [4.69, 9.17) is 11.5 Å². The minimum absolute atomic E-state index is 0.153. The summed E-state index contributed by atoms with van der Waals surface area (Å²) in [5.41, 5.74) is 15.4. The van der Waals surface area contributed by atoms with Gasteiger partial charge in [0.1, 0.15) is 12.1 Å². The lowest BCUT2D eigenvalue weighted by atomic mass is 10.3. The summed E-state index contributed by atoms with van der Waals surface area (Å²) in [7, 11) is 2.35. The topological polar surface area (TPSA) is 163 Å². The Morgan fingerprint density at radius 1 is 0.846 bits per heavy atom. The molecule has 2 amide bonds. The van der Waals surface area contributed by atoms with E-state index in [2.05, 4.69) is 22.8 Å². The van der Waals surface area contributed by atoms with Gasteiger partial charge in [0.2, 0.25) is 0 Å². The highest BCUT2D eigenvalue weighted by atomic mass is 33.1. The monoisotopic (exact) mass is 406 g/mol. The van der Waals surface area contributed by atoms with Crippen LogP contribution >= 0.6 is 21.6 Å². The highest BCUT2D eigenvalue weighted by Gasteiger charge is 2.20. The second-order valence-corrected chi connectivity index (χ2v) is 7.60. The van der Waals surface area contributed by atoms with Crippen molar-refractivity contribution in [2.24, 2.45) is 11.5 Å². The van der Waals surface area contributed by atoms with Gasteiger partial charge in [-0.3, -0.25) is 9.59 Å². The fourth-order valence-corrected chi connectivity index (χ4v) is 3.11. The van der Waals surface area contributed by atoms with Crippen LogP contribution in [-0.2, 0) is 28.9 Å². The van der Waals surface area contributed by atoms with Crippen LogP contribution < -0.4 is 22.4 Å². The molecule has 0 fully saturated rings. The second-order valence-electron chi connectivity index (χ2n) is 5.05. The van der Waals surface area contributed by atoms with Gasteiger partial charge in [0.15, 0.2) is 0 Å². The van der Waals surface area contributed by atoms with Crippen molar-refractivity contribution in [3.05, 3.63) is 24.3 Å². The molecule has 0 spiro atoms. The molecule has 26 heavy (non-hydrogen) atoms. The van der Waals surface area contributed by atoms with Gasteiger partial charge in [-0.15, -0.1) is 0 Å². The minimum atomic E-state index is -0.990. The molecule has 0 aliphatic heterocycles. The van der Waals surface area contributed by atoms with E-state index in [1.807, 2.05) is 11.0 Å². The third-order valence-electron chi connectivity index (χ3n) is 2.45. The molecule has 10 nitrogen and oxygen atoms in total. The third kappa shape index (κ3) is 10.1. The number of nitrogens with one attached hydrogen (secondary N) is 2. The summed E-state index contributed by atoms with van der Waals surface area (Å²) in [4.78, 5) is 54.5. The summed E-state index contributed by atoms with van der Waals surface area (Å²) < 4.78 is 0. The lowest BCUT2D eigenvalue weighted by molar-refractivity contribution is -0.157. The summed E-state index contributed by atoms with van der Waals surface area (Å²) in [6.45, 7) is 9.67. The summed E-state index contributed by atoms with van der Waals surface area (Å²) in [6, 6.07) is -1.98. The second kappa shape index (κ2) is 12.4. The molecule has 0 saturated carbocycles. The van der Waals surface area contributed by atoms with E-state index in [1.165, 1.54) is 35.4 Å². The van der Waals surface area contributed by atoms with Crippen molar-refractivity contribution in [1.82, 2.24) is 11.0 Å². The summed E-state index contributed by atoms with van der Waals surface area (Å²) in [5.74, 6) is -2.59. The number of hydrogen-bond acceptors (Lipinski definition) is 10. The van der Waals surface area contributed by atoms with Gasteiger partial charge in [0, 0.05) is 22.7 Å². The number of carbonyl (C=O) groups is 4. The molecule has 146 valence electrons. The number of amides is 2. The van der Waals surface area contributed by atoms with Gasteiger partial charge in [0.05, 0.1) is 0 Å². The Morgan fingerprint density at radius 2 is 1.15 bits per heavy atom. The average Bonchev–Trinajstić information content (AvgIpc) is 2.59. The highest BCUT2D eigenvalue weighted by Crippen LogP contribution is 2.22. The average molecular weight is 406 g/mol. The maximum absolute atomic E-state index is 11.6. The molecule has 0 radical (unpaired) electrons. The van der Waals surface area contributed by atoms with Gasteiger partial charge in [-0.05, 0) is 13.8 Å². The fourth-order valence-electron chi connectivity index (χ4n) is 0.898. The molecule has 0 aromatic rings. The van der Waals surface area contributed by atoms with E-state index in [1.54, 1.807) is 0 Å². The van der Waals surface area contributed by atoms with Crippen LogP contribution in [0.5, 0.6) is 0 Å². The molecule has 12 heteroatoms. The van der Waals surface area contributed by atoms with E-state index in [-0.39, 0.29) is 22.7 Å². The van der Waals surface area contributed by atoms with Crippen LogP contribution in [0.2, 0.25) is 0 Å². The molecule has 0 aliphatic carbocycles. The van der Waals surface area contributed by atoms with E-state index < -0.39 is 35.8 Å². The Morgan fingerprint density at radius 3 is 1.42 bits per heavy atom. The van der Waals surface area contributed by atoms with Crippen molar-refractivity contribution in [1.29, 1.82) is 0 Å². The fraction of sp³-hybridized carbons (Fsp3) is 0.429. The normalized spacial score (nSPS) is 12.3. The molecule has 0 heterocycles. The summed E-state index contributed by atoms with van der Waals surface area (Å²) in [6.07, 6.45) is 0. The zero-order valence-electron chi connectivity index (χ0n) is 14.4. The van der Waals surface area contributed by atoms with Crippen LogP contribution in [0.15, 0.2) is 24.3 Å². The van der Waals surface area contributed by atoms with E-state index in [0.29, 0.717) is 0 Å². The van der Waals surface area contributed by atoms with Crippen molar-refractivity contribution in [3.63, 3.8) is 0 Å². The van der Waals surface area contributed by atoms with Crippen LogP contribution in [0.3, 0.4) is 0 Å².